The quantitative estimate of drug-likeness (QED) is 0.505. The smallest absolute Gasteiger partial charge is 0.317 e. The molecule has 6 heteroatoms. The summed E-state index contributed by atoms with van der Waals surface area (Å²) in [5, 5.41) is 6.58. The van der Waals surface area contributed by atoms with E-state index < -0.39 is 0 Å². The molecule has 2 N–H and O–H groups in total. The maximum Gasteiger partial charge on any atom is 0.317 e. The van der Waals surface area contributed by atoms with Gasteiger partial charge in [-0.25, -0.2) is 9.18 Å². The van der Waals surface area contributed by atoms with Crippen molar-refractivity contribution >= 4 is 6.03 Å². The number of carbonyl (C=O) groups excluding carboxylic acids is 1. The highest BCUT2D eigenvalue weighted by Gasteiger charge is 2.33. The summed E-state index contributed by atoms with van der Waals surface area (Å²) in [6.07, 6.45) is 9.30. The topological polar surface area (TPSA) is 53.6 Å². The molecule has 3 rings (SSSR count). The number of nitrogens with zero attached hydrogens (tertiary/aromatic N) is 1. The van der Waals surface area contributed by atoms with Gasteiger partial charge in [0.05, 0.1) is 12.2 Å². The number of piperidine rings is 1. The fourth-order valence-corrected chi connectivity index (χ4v) is 5.62. The number of nitrogens with one attached hydrogen (secondary N) is 2. The second kappa shape index (κ2) is 12.7. The van der Waals surface area contributed by atoms with Gasteiger partial charge in [-0.2, -0.15) is 0 Å². The maximum absolute atomic E-state index is 14.1. The molecule has 1 aliphatic heterocycles. The standard InChI is InChI=1S/C27H44FN3O2/c1-19(2)33-26(25-16-23(28)13-12-20(25)3)22-11-8-14-31(18-22)27(32)30-24(17-29-4)15-21-9-6-5-7-10-21/h12-13,16,19,21-22,24,26,29H,5-11,14-15,17-18H2,1-4H3,(H,30,32)/t22-,24+,26?/m1/s1. The van der Waals surface area contributed by atoms with Gasteiger partial charge in [0.1, 0.15) is 5.82 Å². The van der Waals surface area contributed by atoms with Crippen molar-refractivity contribution in [3.63, 3.8) is 0 Å². The van der Waals surface area contributed by atoms with Gasteiger partial charge in [0, 0.05) is 31.6 Å². The van der Waals surface area contributed by atoms with Gasteiger partial charge in [-0.1, -0.05) is 38.2 Å². The van der Waals surface area contributed by atoms with Crippen molar-refractivity contribution in [2.24, 2.45) is 11.8 Å². The van der Waals surface area contributed by atoms with E-state index in [1.54, 1.807) is 6.07 Å². The number of amides is 2. The highest BCUT2D eigenvalue weighted by Crippen LogP contribution is 2.36. The number of ether oxygens (including phenoxy) is 1. The second-order valence-corrected chi connectivity index (χ2v) is 10.4. The molecule has 2 aliphatic rings. The van der Waals surface area contributed by atoms with E-state index in [2.05, 4.69) is 10.6 Å². The Bertz CT molecular complexity index is 751. The Kier molecular flexibility index (Phi) is 9.99. The second-order valence-electron chi connectivity index (χ2n) is 10.4. The molecule has 1 saturated carbocycles. The summed E-state index contributed by atoms with van der Waals surface area (Å²) in [4.78, 5) is 15.2. The molecule has 2 amide bonds. The number of benzene rings is 1. The minimum absolute atomic E-state index is 0.0232. The molecule has 1 saturated heterocycles. The monoisotopic (exact) mass is 461 g/mol. The first-order valence-corrected chi connectivity index (χ1v) is 13.0. The molecule has 186 valence electrons. The fourth-order valence-electron chi connectivity index (χ4n) is 5.62. The summed E-state index contributed by atoms with van der Waals surface area (Å²) in [6, 6.07) is 5.10. The van der Waals surface area contributed by atoms with Gasteiger partial charge < -0.3 is 20.3 Å². The van der Waals surface area contributed by atoms with Crippen molar-refractivity contribution in [2.45, 2.75) is 90.4 Å². The lowest BCUT2D eigenvalue weighted by atomic mass is 9.84. The minimum Gasteiger partial charge on any atom is -0.371 e. The van der Waals surface area contributed by atoms with Crippen molar-refractivity contribution in [3.05, 3.63) is 35.1 Å². The summed E-state index contributed by atoms with van der Waals surface area (Å²) in [5.41, 5.74) is 1.94. The fraction of sp³-hybridized carbons (Fsp3) is 0.741. The van der Waals surface area contributed by atoms with Crippen molar-refractivity contribution in [1.29, 1.82) is 0 Å². The SMILES string of the molecule is CNC[C@H](CC1CCCCC1)NC(=O)N1CCC[C@@H](C(OC(C)C)c2cc(F)ccc2C)C1. The number of aryl methyl sites for hydroxylation is 1. The molecule has 2 fully saturated rings. The largest absolute Gasteiger partial charge is 0.371 e. The summed E-state index contributed by atoms with van der Waals surface area (Å²) in [5.74, 6) is 0.621. The van der Waals surface area contributed by atoms with Gasteiger partial charge in [-0.3, -0.25) is 0 Å². The molecule has 0 spiro atoms. The first-order chi connectivity index (χ1) is 15.9. The zero-order chi connectivity index (χ0) is 23.8. The van der Waals surface area contributed by atoms with Crippen LogP contribution in [0.3, 0.4) is 0 Å². The first kappa shape index (κ1) is 26.0. The molecule has 1 aromatic rings. The van der Waals surface area contributed by atoms with Crippen LogP contribution in [0.1, 0.15) is 82.4 Å². The number of carbonyl (C=O) groups is 1. The molecule has 5 nitrogen and oxygen atoms in total. The van der Waals surface area contributed by atoms with Gasteiger partial charge >= 0.3 is 6.03 Å². The highest BCUT2D eigenvalue weighted by atomic mass is 19.1. The van der Waals surface area contributed by atoms with Crippen molar-refractivity contribution in [1.82, 2.24) is 15.5 Å². The Morgan fingerprint density at radius 1 is 1.18 bits per heavy atom. The van der Waals surface area contributed by atoms with Gasteiger partial charge in [-0.05, 0) is 76.3 Å². The third kappa shape index (κ3) is 7.68. The zero-order valence-corrected chi connectivity index (χ0v) is 21.0. The average molecular weight is 462 g/mol. The van der Waals surface area contributed by atoms with Crippen LogP contribution in [0.2, 0.25) is 0 Å². The van der Waals surface area contributed by atoms with E-state index >= 15 is 0 Å². The zero-order valence-electron chi connectivity index (χ0n) is 21.0. The van der Waals surface area contributed by atoms with Crippen molar-refractivity contribution in [3.8, 4) is 0 Å². The van der Waals surface area contributed by atoms with E-state index in [1.807, 2.05) is 38.8 Å². The predicted octanol–water partition coefficient (Wildman–Crippen LogP) is 5.58. The van der Waals surface area contributed by atoms with Crippen LogP contribution in [0.5, 0.6) is 0 Å². The third-order valence-corrected chi connectivity index (χ3v) is 7.26. The van der Waals surface area contributed by atoms with Crippen LogP contribution in [-0.4, -0.2) is 49.8 Å². The van der Waals surface area contributed by atoms with Gasteiger partial charge in [0.25, 0.3) is 0 Å². The number of rotatable bonds is 9. The normalized spacial score (nSPS) is 21.8. The molecule has 1 heterocycles. The Morgan fingerprint density at radius 3 is 2.64 bits per heavy atom. The van der Waals surface area contributed by atoms with Crippen molar-refractivity contribution < 1.29 is 13.9 Å². The van der Waals surface area contributed by atoms with Crippen LogP contribution >= 0.6 is 0 Å². The van der Waals surface area contributed by atoms with Crippen LogP contribution in [0.4, 0.5) is 9.18 Å². The number of hydrogen-bond donors (Lipinski definition) is 2. The van der Waals surface area contributed by atoms with Gasteiger partial charge in [0.2, 0.25) is 0 Å². The van der Waals surface area contributed by atoms with E-state index in [4.69, 9.17) is 4.74 Å². The average Bonchev–Trinajstić information content (AvgIpc) is 2.80. The Balaban J connectivity index is 1.67. The molecular formula is C27H44FN3O2. The molecule has 1 aliphatic carbocycles. The maximum atomic E-state index is 14.1. The Morgan fingerprint density at radius 2 is 1.94 bits per heavy atom. The molecule has 0 aromatic heterocycles. The first-order valence-electron chi connectivity index (χ1n) is 13.0. The van der Waals surface area contributed by atoms with E-state index in [0.29, 0.717) is 12.5 Å². The van der Waals surface area contributed by atoms with E-state index in [-0.39, 0.29) is 36.0 Å². The van der Waals surface area contributed by atoms with Crippen LogP contribution in [-0.2, 0) is 4.74 Å². The lowest BCUT2D eigenvalue weighted by molar-refractivity contribution is -0.0438. The van der Waals surface area contributed by atoms with Gasteiger partial charge in [-0.15, -0.1) is 0 Å². The van der Waals surface area contributed by atoms with E-state index in [0.717, 1.165) is 43.5 Å². The summed E-state index contributed by atoms with van der Waals surface area (Å²) in [6.45, 7) is 8.22. The van der Waals surface area contributed by atoms with Crippen LogP contribution < -0.4 is 10.6 Å². The lowest BCUT2D eigenvalue weighted by Gasteiger charge is -2.39. The van der Waals surface area contributed by atoms with E-state index in [1.165, 1.54) is 38.2 Å². The number of likely N-dealkylation sites (N-methyl/N-ethyl adjacent to an activating group) is 1. The highest BCUT2D eigenvalue weighted by molar-refractivity contribution is 5.74. The summed E-state index contributed by atoms with van der Waals surface area (Å²) < 4.78 is 20.4. The molecule has 3 atom stereocenters. The molecule has 33 heavy (non-hydrogen) atoms. The molecule has 1 unspecified atom stereocenters. The third-order valence-electron chi connectivity index (χ3n) is 7.26. The number of urea groups is 1. The number of halogens is 1. The van der Waals surface area contributed by atoms with Crippen LogP contribution in [0.15, 0.2) is 18.2 Å². The van der Waals surface area contributed by atoms with Gasteiger partial charge in [0.15, 0.2) is 0 Å². The Hall–Kier alpha value is -1.66. The number of hydrogen-bond acceptors (Lipinski definition) is 3. The lowest BCUT2D eigenvalue weighted by Crippen LogP contribution is -2.52. The predicted molar refractivity (Wildman–Crippen MR) is 132 cm³/mol. The molecule has 0 radical (unpaired) electrons. The van der Waals surface area contributed by atoms with Crippen LogP contribution in [0, 0.1) is 24.6 Å². The summed E-state index contributed by atoms with van der Waals surface area (Å²) >= 11 is 0. The number of likely N-dealkylation sites (tertiary alicyclic amines) is 1. The van der Waals surface area contributed by atoms with Crippen molar-refractivity contribution in [2.75, 3.05) is 26.7 Å². The molecule has 0 bridgehead atoms. The molecular weight excluding hydrogens is 417 g/mol. The summed E-state index contributed by atoms with van der Waals surface area (Å²) in [7, 11) is 1.95. The Labute approximate surface area is 199 Å². The molecule has 1 aromatic carbocycles. The van der Waals surface area contributed by atoms with Crippen LogP contribution in [0.25, 0.3) is 0 Å². The minimum atomic E-state index is -0.240. The van der Waals surface area contributed by atoms with E-state index in [9.17, 15) is 9.18 Å².